The summed E-state index contributed by atoms with van der Waals surface area (Å²) < 4.78 is 0. The second kappa shape index (κ2) is 8.63. The molecular weight excluding hydrogens is 250 g/mol. The van der Waals surface area contributed by atoms with E-state index in [-0.39, 0.29) is 5.91 Å². The molecule has 0 aromatic rings. The molecule has 20 heavy (non-hydrogen) atoms. The summed E-state index contributed by atoms with van der Waals surface area (Å²) in [5.41, 5.74) is 0. The number of piperidine rings is 1. The molecule has 0 aliphatic carbocycles. The van der Waals surface area contributed by atoms with Crippen LogP contribution in [-0.2, 0) is 4.79 Å². The van der Waals surface area contributed by atoms with Gasteiger partial charge in [0.1, 0.15) is 0 Å². The van der Waals surface area contributed by atoms with Gasteiger partial charge < -0.3 is 10.2 Å². The summed E-state index contributed by atoms with van der Waals surface area (Å²) in [6.07, 6.45) is 8.84. The molecule has 2 aliphatic heterocycles. The highest BCUT2D eigenvalue weighted by Gasteiger charge is 2.25. The van der Waals surface area contributed by atoms with E-state index in [1.165, 1.54) is 64.7 Å². The maximum Gasteiger partial charge on any atom is 0.221 e. The molecule has 2 saturated heterocycles. The van der Waals surface area contributed by atoms with Gasteiger partial charge in [0.05, 0.1) is 0 Å². The van der Waals surface area contributed by atoms with Crippen molar-refractivity contribution in [3.05, 3.63) is 0 Å². The molecule has 2 fully saturated rings. The Hall–Kier alpha value is -0.610. The molecule has 116 valence electrons. The third kappa shape index (κ3) is 5.06. The monoisotopic (exact) mass is 281 g/mol. The number of nitrogens with zero attached hydrogens (tertiary/aromatic N) is 2. The van der Waals surface area contributed by atoms with Crippen molar-refractivity contribution >= 4 is 5.91 Å². The maximum absolute atomic E-state index is 11.6. The van der Waals surface area contributed by atoms with E-state index in [0.717, 1.165) is 19.1 Å². The quantitative estimate of drug-likeness (QED) is 0.835. The van der Waals surface area contributed by atoms with Crippen LogP contribution in [0.15, 0.2) is 0 Å². The molecule has 0 aromatic carbocycles. The van der Waals surface area contributed by atoms with Crippen molar-refractivity contribution in [3.63, 3.8) is 0 Å². The molecular formula is C16H31N3O. The summed E-state index contributed by atoms with van der Waals surface area (Å²) in [5, 5.41) is 2.89. The van der Waals surface area contributed by atoms with E-state index in [0.29, 0.717) is 6.42 Å². The van der Waals surface area contributed by atoms with Crippen molar-refractivity contribution in [1.82, 2.24) is 15.1 Å². The van der Waals surface area contributed by atoms with Crippen LogP contribution >= 0.6 is 0 Å². The summed E-state index contributed by atoms with van der Waals surface area (Å²) >= 11 is 0. The molecule has 2 rings (SSSR count). The van der Waals surface area contributed by atoms with Crippen LogP contribution in [0, 0.1) is 0 Å². The third-order valence-electron chi connectivity index (χ3n) is 4.67. The number of carbonyl (C=O) groups excluding carboxylic acids is 1. The minimum absolute atomic E-state index is 0.199. The normalized spacial score (nSPS) is 26.1. The second-order valence-corrected chi connectivity index (χ2v) is 6.25. The molecule has 1 amide bonds. The fourth-order valence-electron chi connectivity index (χ4n) is 3.54. The number of carbonyl (C=O) groups is 1. The van der Waals surface area contributed by atoms with Crippen LogP contribution < -0.4 is 5.32 Å². The van der Waals surface area contributed by atoms with Gasteiger partial charge in [0.2, 0.25) is 5.91 Å². The van der Waals surface area contributed by atoms with Crippen molar-refractivity contribution < 1.29 is 4.79 Å². The van der Waals surface area contributed by atoms with E-state index in [1.54, 1.807) is 0 Å². The molecule has 1 atom stereocenters. The Balaban J connectivity index is 1.74. The Kier molecular flexibility index (Phi) is 6.80. The highest BCUT2D eigenvalue weighted by atomic mass is 16.1. The Bertz CT molecular complexity index is 287. The molecule has 0 unspecified atom stereocenters. The van der Waals surface area contributed by atoms with Crippen LogP contribution in [0.1, 0.15) is 51.9 Å². The van der Waals surface area contributed by atoms with Gasteiger partial charge in [-0.05, 0) is 52.2 Å². The minimum Gasteiger partial charge on any atom is -0.356 e. The first kappa shape index (κ1) is 15.8. The zero-order valence-corrected chi connectivity index (χ0v) is 13.1. The largest absolute Gasteiger partial charge is 0.356 e. The highest BCUT2D eigenvalue weighted by Crippen LogP contribution is 2.20. The van der Waals surface area contributed by atoms with Crippen LogP contribution in [0.25, 0.3) is 0 Å². The number of rotatable bonds is 5. The van der Waals surface area contributed by atoms with E-state index in [1.807, 2.05) is 6.92 Å². The lowest BCUT2D eigenvalue weighted by atomic mass is 10.0. The highest BCUT2D eigenvalue weighted by molar-refractivity contribution is 5.75. The molecule has 0 bridgehead atoms. The summed E-state index contributed by atoms with van der Waals surface area (Å²) in [4.78, 5) is 16.8. The van der Waals surface area contributed by atoms with E-state index in [2.05, 4.69) is 15.1 Å². The molecule has 0 saturated carbocycles. The van der Waals surface area contributed by atoms with Crippen molar-refractivity contribution in [2.75, 3.05) is 39.3 Å². The minimum atomic E-state index is 0.199. The van der Waals surface area contributed by atoms with E-state index in [4.69, 9.17) is 0 Å². The summed E-state index contributed by atoms with van der Waals surface area (Å²) in [6.45, 7) is 8.56. The Morgan fingerprint density at radius 1 is 1.10 bits per heavy atom. The lowest BCUT2D eigenvalue weighted by Gasteiger charge is -2.39. The summed E-state index contributed by atoms with van der Waals surface area (Å²) in [7, 11) is 0. The third-order valence-corrected chi connectivity index (χ3v) is 4.67. The first-order valence-corrected chi connectivity index (χ1v) is 8.52. The first-order valence-electron chi connectivity index (χ1n) is 8.52. The van der Waals surface area contributed by atoms with Gasteiger partial charge in [-0.3, -0.25) is 9.69 Å². The van der Waals surface area contributed by atoms with Gasteiger partial charge in [-0.1, -0.05) is 12.8 Å². The fraction of sp³-hybridized carbons (Fsp3) is 0.938. The van der Waals surface area contributed by atoms with Gasteiger partial charge in [0, 0.05) is 32.1 Å². The molecule has 4 nitrogen and oxygen atoms in total. The van der Waals surface area contributed by atoms with E-state index < -0.39 is 0 Å². The van der Waals surface area contributed by atoms with Crippen molar-refractivity contribution in [1.29, 1.82) is 0 Å². The van der Waals surface area contributed by atoms with Crippen LogP contribution in [0.5, 0.6) is 0 Å². The second-order valence-electron chi connectivity index (χ2n) is 6.25. The number of amides is 1. The molecule has 4 heteroatoms. The standard InChI is InChI=1S/C16H31N3O/c1-2-17-16(20)9-13-18-10-7-8-15(14-18)19-11-5-3-4-6-12-19/h15H,2-14H2,1H3,(H,17,20)/t15-/m0/s1. The SMILES string of the molecule is CCNC(=O)CCN1CCC[C@H](N2CCCCCC2)C1. The number of hydrogen-bond acceptors (Lipinski definition) is 3. The van der Waals surface area contributed by atoms with E-state index in [9.17, 15) is 4.79 Å². The summed E-state index contributed by atoms with van der Waals surface area (Å²) in [5.74, 6) is 0.199. The van der Waals surface area contributed by atoms with Crippen molar-refractivity contribution in [3.8, 4) is 0 Å². The maximum atomic E-state index is 11.6. The Morgan fingerprint density at radius 2 is 1.85 bits per heavy atom. The predicted molar refractivity (Wildman–Crippen MR) is 82.8 cm³/mol. The van der Waals surface area contributed by atoms with E-state index >= 15 is 0 Å². The molecule has 2 aliphatic rings. The van der Waals surface area contributed by atoms with Gasteiger partial charge in [0.15, 0.2) is 0 Å². The predicted octanol–water partition coefficient (Wildman–Crippen LogP) is 1.85. The fourth-order valence-corrected chi connectivity index (χ4v) is 3.54. The lowest BCUT2D eigenvalue weighted by Crippen LogP contribution is -2.48. The van der Waals surface area contributed by atoms with Gasteiger partial charge in [0.25, 0.3) is 0 Å². The molecule has 0 spiro atoms. The smallest absolute Gasteiger partial charge is 0.221 e. The topological polar surface area (TPSA) is 35.6 Å². The number of nitrogens with one attached hydrogen (secondary N) is 1. The van der Waals surface area contributed by atoms with Gasteiger partial charge in [-0.15, -0.1) is 0 Å². The molecule has 1 N–H and O–H groups in total. The van der Waals surface area contributed by atoms with Gasteiger partial charge in [-0.2, -0.15) is 0 Å². The van der Waals surface area contributed by atoms with Gasteiger partial charge >= 0.3 is 0 Å². The Labute approximate surface area is 123 Å². The lowest BCUT2D eigenvalue weighted by molar-refractivity contribution is -0.121. The molecule has 0 radical (unpaired) electrons. The summed E-state index contributed by atoms with van der Waals surface area (Å²) in [6, 6.07) is 0.732. The van der Waals surface area contributed by atoms with Crippen LogP contribution in [0.3, 0.4) is 0 Å². The van der Waals surface area contributed by atoms with Crippen molar-refractivity contribution in [2.45, 2.75) is 57.9 Å². The van der Waals surface area contributed by atoms with Crippen LogP contribution in [0.2, 0.25) is 0 Å². The zero-order chi connectivity index (χ0) is 14.2. The first-order chi connectivity index (χ1) is 9.79. The van der Waals surface area contributed by atoms with Crippen molar-refractivity contribution in [2.24, 2.45) is 0 Å². The number of likely N-dealkylation sites (tertiary alicyclic amines) is 2. The van der Waals surface area contributed by atoms with Crippen LogP contribution in [0.4, 0.5) is 0 Å². The van der Waals surface area contributed by atoms with Gasteiger partial charge in [-0.25, -0.2) is 0 Å². The average molecular weight is 281 g/mol. The molecule has 0 aromatic heterocycles. The Morgan fingerprint density at radius 3 is 2.55 bits per heavy atom. The molecule has 2 heterocycles. The number of hydrogen-bond donors (Lipinski definition) is 1. The van der Waals surface area contributed by atoms with Crippen LogP contribution in [-0.4, -0.2) is 61.0 Å². The average Bonchev–Trinajstić information content (AvgIpc) is 2.75. The zero-order valence-electron chi connectivity index (χ0n) is 13.1.